The van der Waals surface area contributed by atoms with Gasteiger partial charge in [-0.15, -0.1) is 11.3 Å². The van der Waals surface area contributed by atoms with E-state index in [1.807, 2.05) is 25.2 Å². The molecule has 0 aliphatic heterocycles. The molecule has 0 bridgehead atoms. The van der Waals surface area contributed by atoms with Crippen molar-refractivity contribution in [3.05, 3.63) is 22.4 Å². The molecule has 19 heavy (non-hydrogen) atoms. The SMILES string of the molecule is CCCNC(CCc1cccs1)C(OCC)OCC. The van der Waals surface area contributed by atoms with Crippen LogP contribution in [-0.2, 0) is 15.9 Å². The molecule has 0 spiro atoms. The zero-order chi connectivity index (χ0) is 13.9. The molecule has 110 valence electrons. The fourth-order valence-electron chi connectivity index (χ4n) is 2.03. The van der Waals surface area contributed by atoms with E-state index in [1.165, 1.54) is 4.88 Å². The third-order valence-corrected chi connectivity index (χ3v) is 3.86. The van der Waals surface area contributed by atoms with Gasteiger partial charge in [0, 0.05) is 18.1 Å². The van der Waals surface area contributed by atoms with Crippen molar-refractivity contribution in [1.82, 2.24) is 5.32 Å². The maximum Gasteiger partial charge on any atom is 0.172 e. The van der Waals surface area contributed by atoms with Gasteiger partial charge in [0.25, 0.3) is 0 Å². The molecule has 0 aromatic carbocycles. The van der Waals surface area contributed by atoms with Gasteiger partial charge in [0.15, 0.2) is 6.29 Å². The molecule has 0 saturated heterocycles. The van der Waals surface area contributed by atoms with Crippen molar-refractivity contribution in [2.75, 3.05) is 19.8 Å². The van der Waals surface area contributed by atoms with Crippen molar-refractivity contribution < 1.29 is 9.47 Å². The summed E-state index contributed by atoms with van der Waals surface area (Å²) in [5.74, 6) is 0. The summed E-state index contributed by atoms with van der Waals surface area (Å²) in [6.45, 7) is 8.59. The number of ether oxygens (including phenoxy) is 2. The highest BCUT2D eigenvalue weighted by molar-refractivity contribution is 7.09. The van der Waals surface area contributed by atoms with Gasteiger partial charge in [0.1, 0.15) is 0 Å². The quantitative estimate of drug-likeness (QED) is 0.632. The highest BCUT2D eigenvalue weighted by Gasteiger charge is 2.21. The maximum atomic E-state index is 5.73. The Morgan fingerprint density at radius 3 is 2.47 bits per heavy atom. The lowest BCUT2D eigenvalue weighted by Crippen LogP contribution is -2.43. The van der Waals surface area contributed by atoms with Crippen LogP contribution in [0.2, 0.25) is 0 Å². The predicted molar refractivity (Wildman–Crippen MR) is 81.8 cm³/mol. The summed E-state index contributed by atoms with van der Waals surface area (Å²) in [6.07, 6.45) is 3.11. The molecule has 4 heteroatoms. The molecule has 3 nitrogen and oxygen atoms in total. The van der Waals surface area contributed by atoms with E-state index in [4.69, 9.17) is 9.47 Å². The minimum Gasteiger partial charge on any atom is -0.351 e. The largest absolute Gasteiger partial charge is 0.351 e. The zero-order valence-electron chi connectivity index (χ0n) is 12.4. The van der Waals surface area contributed by atoms with E-state index in [2.05, 4.69) is 29.8 Å². The molecule has 1 aromatic rings. The lowest BCUT2D eigenvalue weighted by atomic mass is 10.1. The Kier molecular flexibility index (Phi) is 9.08. The monoisotopic (exact) mass is 285 g/mol. The van der Waals surface area contributed by atoms with Gasteiger partial charge in [-0.2, -0.15) is 0 Å². The van der Waals surface area contributed by atoms with Crippen molar-refractivity contribution in [3.63, 3.8) is 0 Å². The lowest BCUT2D eigenvalue weighted by Gasteiger charge is -2.27. The summed E-state index contributed by atoms with van der Waals surface area (Å²) in [6, 6.07) is 4.57. The average molecular weight is 285 g/mol. The molecule has 0 aliphatic rings. The van der Waals surface area contributed by atoms with Gasteiger partial charge in [0.05, 0.1) is 6.04 Å². The maximum absolute atomic E-state index is 5.73. The van der Waals surface area contributed by atoms with E-state index < -0.39 is 0 Å². The molecule has 1 heterocycles. The Hall–Kier alpha value is -0.420. The van der Waals surface area contributed by atoms with Crippen LogP contribution in [-0.4, -0.2) is 32.1 Å². The number of rotatable bonds is 11. The summed E-state index contributed by atoms with van der Waals surface area (Å²) in [5.41, 5.74) is 0. The van der Waals surface area contributed by atoms with E-state index in [1.54, 1.807) is 0 Å². The van der Waals surface area contributed by atoms with Crippen LogP contribution < -0.4 is 5.32 Å². The topological polar surface area (TPSA) is 30.5 Å². The molecular weight excluding hydrogens is 258 g/mol. The van der Waals surface area contributed by atoms with Crippen LogP contribution in [0, 0.1) is 0 Å². The number of hydrogen-bond acceptors (Lipinski definition) is 4. The smallest absolute Gasteiger partial charge is 0.172 e. The molecular formula is C15H27NO2S. The molecule has 1 aromatic heterocycles. The summed E-state index contributed by atoms with van der Waals surface area (Å²) >= 11 is 1.82. The Bertz CT molecular complexity index is 297. The standard InChI is InChI=1S/C15H27NO2S/c1-4-11-16-14(15(17-5-2)18-6-3)10-9-13-8-7-12-19-13/h7-8,12,14-16H,4-6,9-11H2,1-3H3. The van der Waals surface area contributed by atoms with Gasteiger partial charge in [-0.1, -0.05) is 13.0 Å². The Morgan fingerprint density at radius 1 is 1.21 bits per heavy atom. The molecule has 0 radical (unpaired) electrons. The molecule has 1 atom stereocenters. The predicted octanol–water partition coefficient (Wildman–Crippen LogP) is 3.45. The Labute approximate surface area is 121 Å². The van der Waals surface area contributed by atoms with Gasteiger partial charge < -0.3 is 14.8 Å². The van der Waals surface area contributed by atoms with Crippen LogP contribution in [0.25, 0.3) is 0 Å². The number of nitrogens with one attached hydrogen (secondary N) is 1. The van der Waals surface area contributed by atoms with Crippen molar-refractivity contribution in [2.45, 2.75) is 52.4 Å². The summed E-state index contributed by atoms with van der Waals surface area (Å²) < 4.78 is 11.5. The number of hydrogen-bond donors (Lipinski definition) is 1. The van der Waals surface area contributed by atoms with E-state index in [9.17, 15) is 0 Å². The highest BCUT2D eigenvalue weighted by Crippen LogP contribution is 2.15. The van der Waals surface area contributed by atoms with Crippen molar-refractivity contribution >= 4 is 11.3 Å². The molecule has 0 fully saturated rings. The first-order chi connectivity index (χ1) is 9.31. The van der Waals surface area contributed by atoms with E-state index in [-0.39, 0.29) is 12.3 Å². The second kappa shape index (κ2) is 10.4. The van der Waals surface area contributed by atoms with E-state index in [0.717, 1.165) is 25.8 Å². The highest BCUT2D eigenvalue weighted by atomic mass is 32.1. The molecule has 0 amide bonds. The molecule has 1 unspecified atom stereocenters. The number of thiophene rings is 1. The van der Waals surface area contributed by atoms with Crippen LogP contribution in [0.15, 0.2) is 17.5 Å². The van der Waals surface area contributed by atoms with Crippen LogP contribution in [0.3, 0.4) is 0 Å². The number of aryl methyl sites for hydroxylation is 1. The van der Waals surface area contributed by atoms with Crippen molar-refractivity contribution in [1.29, 1.82) is 0 Å². The Morgan fingerprint density at radius 2 is 1.95 bits per heavy atom. The third-order valence-electron chi connectivity index (χ3n) is 2.93. The first kappa shape index (κ1) is 16.6. The molecule has 0 saturated carbocycles. The van der Waals surface area contributed by atoms with Gasteiger partial charge in [-0.05, 0) is 51.1 Å². The van der Waals surface area contributed by atoms with E-state index >= 15 is 0 Å². The lowest BCUT2D eigenvalue weighted by molar-refractivity contribution is -0.154. The summed E-state index contributed by atoms with van der Waals surface area (Å²) in [7, 11) is 0. The van der Waals surface area contributed by atoms with Gasteiger partial charge in [-0.3, -0.25) is 0 Å². The van der Waals surface area contributed by atoms with Crippen LogP contribution >= 0.6 is 11.3 Å². The molecule has 0 aliphatic carbocycles. The summed E-state index contributed by atoms with van der Waals surface area (Å²) in [5, 5.41) is 5.69. The van der Waals surface area contributed by atoms with Crippen molar-refractivity contribution in [2.24, 2.45) is 0 Å². The van der Waals surface area contributed by atoms with Crippen molar-refractivity contribution in [3.8, 4) is 0 Å². The minimum atomic E-state index is -0.137. The first-order valence-electron chi connectivity index (χ1n) is 7.30. The second-order valence-electron chi connectivity index (χ2n) is 4.46. The molecule has 1 rings (SSSR count). The minimum absolute atomic E-state index is 0.137. The van der Waals surface area contributed by atoms with Gasteiger partial charge in [-0.25, -0.2) is 0 Å². The Balaban J connectivity index is 2.51. The van der Waals surface area contributed by atoms with Crippen LogP contribution in [0.5, 0.6) is 0 Å². The average Bonchev–Trinajstić information content (AvgIpc) is 2.92. The van der Waals surface area contributed by atoms with E-state index in [0.29, 0.717) is 13.2 Å². The third kappa shape index (κ3) is 6.52. The van der Waals surface area contributed by atoms with Crippen LogP contribution in [0.1, 0.15) is 38.5 Å². The zero-order valence-corrected chi connectivity index (χ0v) is 13.2. The summed E-state index contributed by atoms with van der Waals surface area (Å²) in [4.78, 5) is 1.43. The molecule has 1 N–H and O–H groups in total. The first-order valence-corrected chi connectivity index (χ1v) is 8.18. The second-order valence-corrected chi connectivity index (χ2v) is 5.49. The fourth-order valence-corrected chi connectivity index (χ4v) is 2.75. The fraction of sp³-hybridized carbons (Fsp3) is 0.733. The normalized spacial score (nSPS) is 13.1. The van der Waals surface area contributed by atoms with Gasteiger partial charge in [0.2, 0.25) is 0 Å². The van der Waals surface area contributed by atoms with Crippen LogP contribution in [0.4, 0.5) is 0 Å². The van der Waals surface area contributed by atoms with Gasteiger partial charge >= 0.3 is 0 Å².